The van der Waals surface area contributed by atoms with E-state index in [0.29, 0.717) is 0 Å². The summed E-state index contributed by atoms with van der Waals surface area (Å²) in [6, 6.07) is 0.741. The highest BCUT2D eigenvalue weighted by atomic mass is 32.2. The maximum atomic E-state index is 4.37. The summed E-state index contributed by atoms with van der Waals surface area (Å²) in [4.78, 5) is 5.69. The number of nitrogens with zero attached hydrogens (tertiary/aromatic N) is 1. The molecule has 2 rings (SSSR count). The first-order valence-corrected chi connectivity index (χ1v) is 7.54. The molecule has 0 amide bonds. The molecule has 0 aromatic carbocycles. The highest BCUT2D eigenvalue weighted by Crippen LogP contribution is 2.17. The van der Waals surface area contributed by atoms with Crippen molar-refractivity contribution in [3.8, 4) is 0 Å². The Morgan fingerprint density at radius 1 is 1.60 bits per heavy atom. The lowest BCUT2D eigenvalue weighted by molar-refractivity contribution is 0.511. The van der Waals surface area contributed by atoms with Gasteiger partial charge in [-0.1, -0.05) is 0 Å². The number of thioether (sulfide) groups is 1. The third-order valence-corrected chi connectivity index (χ3v) is 4.79. The van der Waals surface area contributed by atoms with Gasteiger partial charge in [-0.2, -0.15) is 11.8 Å². The summed E-state index contributed by atoms with van der Waals surface area (Å²) >= 11 is 3.90. The number of hydrogen-bond acceptors (Lipinski definition) is 4. The lowest BCUT2D eigenvalue weighted by atomic mass is 10.2. The van der Waals surface area contributed by atoms with Crippen LogP contribution in [0.2, 0.25) is 0 Å². The molecule has 1 aromatic rings. The molecule has 2 heterocycles. The van der Waals surface area contributed by atoms with E-state index in [2.05, 4.69) is 29.0 Å². The number of aryl methyl sites for hydroxylation is 1. The van der Waals surface area contributed by atoms with Gasteiger partial charge in [0, 0.05) is 35.8 Å². The molecule has 0 radical (unpaired) electrons. The van der Waals surface area contributed by atoms with E-state index in [1.165, 1.54) is 34.2 Å². The smallest absolute Gasteiger partial charge is 0.0940 e. The Morgan fingerprint density at radius 3 is 3.20 bits per heavy atom. The SMILES string of the molecule is Cc1cnc(CCNC2CCCSC2)s1. The zero-order chi connectivity index (χ0) is 10.5. The van der Waals surface area contributed by atoms with Crippen molar-refractivity contribution in [2.45, 2.75) is 32.2 Å². The Hall–Kier alpha value is -0.0600. The minimum Gasteiger partial charge on any atom is -0.313 e. The molecule has 0 aliphatic carbocycles. The molecule has 1 aliphatic rings. The van der Waals surface area contributed by atoms with Gasteiger partial charge >= 0.3 is 0 Å². The predicted octanol–water partition coefficient (Wildman–Crippen LogP) is 2.48. The Kier molecular flexibility index (Phi) is 4.47. The highest BCUT2D eigenvalue weighted by molar-refractivity contribution is 7.99. The number of aromatic nitrogens is 1. The average Bonchev–Trinajstić information content (AvgIpc) is 2.66. The molecule has 84 valence electrons. The topological polar surface area (TPSA) is 24.9 Å². The summed E-state index contributed by atoms with van der Waals surface area (Å²) in [5, 5.41) is 4.89. The van der Waals surface area contributed by atoms with Crippen molar-refractivity contribution in [2.75, 3.05) is 18.1 Å². The van der Waals surface area contributed by atoms with Gasteiger partial charge < -0.3 is 5.32 Å². The van der Waals surface area contributed by atoms with E-state index >= 15 is 0 Å². The summed E-state index contributed by atoms with van der Waals surface area (Å²) < 4.78 is 0. The van der Waals surface area contributed by atoms with Gasteiger partial charge in [0.25, 0.3) is 0 Å². The monoisotopic (exact) mass is 242 g/mol. The van der Waals surface area contributed by atoms with Gasteiger partial charge in [0.05, 0.1) is 5.01 Å². The van der Waals surface area contributed by atoms with Crippen LogP contribution in [0.5, 0.6) is 0 Å². The molecule has 0 bridgehead atoms. The highest BCUT2D eigenvalue weighted by Gasteiger charge is 2.12. The quantitative estimate of drug-likeness (QED) is 0.878. The van der Waals surface area contributed by atoms with E-state index in [1.54, 1.807) is 0 Å². The molecule has 0 saturated carbocycles. The third kappa shape index (κ3) is 3.78. The lowest BCUT2D eigenvalue weighted by Crippen LogP contribution is -2.35. The van der Waals surface area contributed by atoms with Crippen molar-refractivity contribution in [1.82, 2.24) is 10.3 Å². The number of thiazole rings is 1. The van der Waals surface area contributed by atoms with Crippen molar-refractivity contribution in [2.24, 2.45) is 0 Å². The van der Waals surface area contributed by atoms with Crippen LogP contribution < -0.4 is 5.32 Å². The standard InChI is InChI=1S/C11H18N2S2/c1-9-7-13-11(15-9)4-5-12-10-3-2-6-14-8-10/h7,10,12H,2-6,8H2,1H3. The van der Waals surface area contributed by atoms with Gasteiger partial charge in [-0.05, 0) is 25.5 Å². The van der Waals surface area contributed by atoms with Crippen LogP contribution >= 0.6 is 23.1 Å². The summed E-state index contributed by atoms with van der Waals surface area (Å²) in [6.45, 7) is 3.20. The molecule has 1 fully saturated rings. The first-order chi connectivity index (χ1) is 7.34. The van der Waals surface area contributed by atoms with Crippen molar-refractivity contribution in [1.29, 1.82) is 0 Å². The molecule has 0 spiro atoms. The lowest BCUT2D eigenvalue weighted by Gasteiger charge is -2.22. The summed E-state index contributed by atoms with van der Waals surface area (Å²) in [6.07, 6.45) is 5.78. The van der Waals surface area contributed by atoms with E-state index in [1.807, 2.05) is 17.5 Å². The molecular formula is C11H18N2S2. The van der Waals surface area contributed by atoms with Crippen molar-refractivity contribution >= 4 is 23.1 Å². The summed E-state index contributed by atoms with van der Waals surface area (Å²) in [5.41, 5.74) is 0. The van der Waals surface area contributed by atoms with Crippen LogP contribution in [0.4, 0.5) is 0 Å². The minimum absolute atomic E-state index is 0.741. The molecule has 4 heteroatoms. The Bertz CT molecular complexity index is 293. The molecule has 1 aliphatic heterocycles. The van der Waals surface area contributed by atoms with E-state index < -0.39 is 0 Å². The fourth-order valence-corrected chi connectivity index (χ4v) is 3.70. The van der Waals surface area contributed by atoms with Crippen LogP contribution in [-0.2, 0) is 6.42 Å². The second-order valence-corrected chi connectivity index (χ2v) is 6.45. The number of nitrogens with one attached hydrogen (secondary N) is 1. The number of rotatable bonds is 4. The largest absolute Gasteiger partial charge is 0.313 e. The molecule has 1 saturated heterocycles. The second-order valence-electron chi connectivity index (χ2n) is 3.98. The van der Waals surface area contributed by atoms with Crippen LogP contribution in [0.15, 0.2) is 6.20 Å². The average molecular weight is 242 g/mol. The van der Waals surface area contributed by atoms with Gasteiger partial charge in [-0.25, -0.2) is 4.98 Å². The molecular weight excluding hydrogens is 224 g/mol. The Balaban J connectivity index is 1.65. The van der Waals surface area contributed by atoms with Gasteiger partial charge in [0.1, 0.15) is 0 Å². The van der Waals surface area contributed by atoms with E-state index in [0.717, 1.165) is 19.0 Å². The zero-order valence-electron chi connectivity index (χ0n) is 9.16. The minimum atomic E-state index is 0.741. The van der Waals surface area contributed by atoms with Crippen LogP contribution in [0.1, 0.15) is 22.7 Å². The van der Waals surface area contributed by atoms with Gasteiger partial charge in [-0.3, -0.25) is 0 Å². The van der Waals surface area contributed by atoms with Crippen LogP contribution in [0, 0.1) is 6.92 Å². The van der Waals surface area contributed by atoms with Crippen LogP contribution in [-0.4, -0.2) is 29.1 Å². The first kappa shape index (κ1) is 11.4. The maximum Gasteiger partial charge on any atom is 0.0940 e. The van der Waals surface area contributed by atoms with Crippen molar-refractivity contribution in [3.63, 3.8) is 0 Å². The molecule has 2 nitrogen and oxygen atoms in total. The van der Waals surface area contributed by atoms with E-state index in [9.17, 15) is 0 Å². The Labute approximate surface area is 99.9 Å². The van der Waals surface area contributed by atoms with Gasteiger partial charge in [-0.15, -0.1) is 11.3 Å². The van der Waals surface area contributed by atoms with Gasteiger partial charge in [0.15, 0.2) is 0 Å². The van der Waals surface area contributed by atoms with Crippen molar-refractivity contribution < 1.29 is 0 Å². The second kappa shape index (κ2) is 5.87. The predicted molar refractivity (Wildman–Crippen MR) is 68.9 cm³/mol. The molecule has 1 unspecified atom stereocenters. The zero-order valence-corrected chi connectivity index (χ0v) is 10.8. The van der Waals surface area contributed by atoms with Crippen LogP contribution in [0.25, 0.3) is 0 Å². The summed E-state index contributed by atoms with van der Waals surface area (Å²) in [7, 11) is 0. The maximum absolute atomic E-state index is 4.37. The normalized spacial score (nSPS) is 21.8. The van der Waals surface area contributed by atoms with Gasteiger partial charge in [0.2, 0.25) is 0 Å². The fourth-order valence-electron chi connectivity index (χ4n) is 1.80. The summed E-state index contributed by atoms with van der Waals surface area (Å²) in [5.74, 6) is 2.64. The molecule has 15 heavy (non-hydrogen) atoms. The fraction of sp³-hybridized carbons (Fsp3) is 0.727. The van der Waals surface area contributed by atoms with E-state index in [-0.39, 0.29) is 0 Å². The van der Waals surface area contributed by atoms with E-state index in [4.69, 9.17) is 0 Å². The molecule has 1 aromatic heterocycles. The van der Waals surface area contributed by atoms with Crippen LogP contribution in [0.3, 0.4) is 0 Å². The molecule has 1 N–H and O–H groups in total. The Morgan fingerprint density at radius 2 is 2.53 bits per heavy atom. The van der Waals surface area contributed by atoms with Crippen molar-refractivity contribution in [3.05, 3.63) is 16.1 Å². The molecule has 1 atom stereocenters. The third-order valence-electron chi connectivity index (χ3n) is 2.60. The number of hydrogen-bond donors (Lipinski definition) is 1. The first-order valence-electron chi connectivity index (χ1n) is 5.57.